The van der Waals surface area contributed by atoms with Crippen LogP contribution in [0.25, 0.3) is 0 Å². The standard InChI is InChI=1S/C17H21NO5/c1-17(2,3)23-16(20)18-13-7-5-4-6-11(13)12(15(18)19)10-14-21-8-9-22-14/h4-7,12,14H,8-10H2,1-3H3. The number of anilines is 1. The van der Waals surface area contributed by atoms with E-state index in [0.29, 0.717) is 25.3 Å². The van der Waals surface area contributed by atoms with E-state index < -0.39 is 23.9 Å². The van der Waals surface area contributed by atoms with Gasteiger partial charge in [-0.2, -0.15) is 0 Å². The molecule has 1 aromatic rings. The number of para-hydroxylation sites is 1. The van der Waals surface area contributed by atoms with Crippen LogP contribution in [0.15, 0.2) is 24.3 Å². The number of fused-ring (bicyclic) bond motifs is 1. The quantitative estimate of drug-likeness (QED) is 0.838. The van der Waals surface area contributed by atoms with Crippen LogP contribution in [0, 0.1) is 0 Å². The van der Waals surface area contributed by atoms with Gasteiger partial charge < -0.3 is 14.2 Å². The fraction of sp³-hybridized carbons (Fsp3) is 0.529. The van der Waals surface area contributed by atoms with E-state index in [1.807, 2.05) is 12.1 Å². The fourth-order valence-electron chi connectivity index (χ4n) is 2.85. The van der Waals surface area contributed by atoms with Gasteiger partial charge in [0.1, 0.15) is 5.60 Å². The molecule has 2 amide bonds. The SMILES string of the molecule is CC(C)(C)OC(=O)N1C(=O)C(CC2OCCO2)c2ccccc21. The van der Waals surface area contributed by atoms with Crippen molar-refractivity contribution >= 4 is 17.7 Å². The second kappa shape index (κ2) is 5.94. The third-order valence-electron chi connectivity index (χ3n) is 3.77. The molecule has 1 atom stereocenters. The molecular formula is C17H21NO5. The molecular weight excluding hydrogens is 298 g/mol. The van der Waals surface area contributed by atoms with Crippen LogP contribution in [0.1, 0.15) is 38.7 Å². The molecule has 1 saturated heterocycles. The lowest BCUT2D eigenvalue weighted by Gasteiger charge is -2.24. The van der Waals surface area contributed by atoms with Gasteiger partial charge in [-0.05, 0) is 32.4 Å². The average Bonchev–Trinajstić information content (AvgIpc) is 3.05. The first-order valence-electron chi connectivity index (χ1n) is 7.76. The Hall–Kier alpha value is -1.92. The molecule has 1 aromatic carbocycles. The lowest BCUT2D eigenvalue weighted by Crippen LogP contribution is -2.40. The predicted octanol–water partition coefficient (Wildman–Crippen LogP) is 2.81. The Kier molecular flexibility index (Phi) is 4.12. The lowest BCUT2D eigenvalue weighted by molar-refractivity contribution is -0.122. The molecule has 2 aliphatic heterocycles. The van der Waals surface area contributed by atoms with Gasteiger partial charge in [-0.15, -0.1) is 0 Å². The molecule has 0 aliphatic carbocycles. The maximum absolute atomic E-state index is 12.8. The number of hydrogen-bond acceptors (Lipinski definition) is 5. The molecule has 3 rings (SSSR count). The maximum atomic E-state index is 12.8. The molecule has 0 saturated carbocycles. The number of amides is 2. The van der Waals surface area contributed by atoms with Gasteiger partial charge in [-0.25, -0.2) is 9.69 Å². The molecule has 1 fully saturated rings. The summed E-state index contributed by atoms with van der Waals surface area (Å²) in [6.07, 6.45) is -0.656. The summed E-state index contributed by atoms with van der Waals surface area (Å²) in [5.41, 5.74) is 0.722. The molecule has 0 spiro atoms. The molecule has 6 heteroatoms. The van der Waals surface area contributed by atoms with Gasteiger partial charge in [0.25, 0.3) is 0 Å². The minimum absolute atomic E-state index is 0.292. The van der Waals surface area contributed by atoms with Gasteiger partial charge in [0.2, 0.25) is 5.91 Å². The molecule has 6 nitrogen and oxygen atoms in total. The summed E-state index contributed by atoms with van der Waals surface area (Å²) in [6, 6.07) is 7.27. The summed E-state index contributed by atoms with van der Waals surface area (Å²) < 4.78 is 16.3. The highest BCUT2D eigenvalue weighted by atomic mass is 16.7. The van der Waals surface area contributed by atoms with Gasteiger partial charge in [-0.3, -0.25) is 4.79 Å². The zero-order valence-electron chi connectivity index (χ0n) is 13.6. The van der Waals surface area contributed by atoms with E-state index in [9.17, 15) is 9.59 Å². The summed E-state index contributed by atoms with van der Waals surface area (Å²) >= 11 is 0. The van der Waals surface area contributed by atoms with Crippen molar-refractivity contribution in [3.8, 4) is 0 Å². The summed E-state index contributed by atoms with van der Waals surface area (Å²) in [6.45, 7) is 6.38. The molecule has 2 aliphatic rings. The molecule has 2 heterocycles. The van der Waals surface area contributed by atoms with Crippen LogP contribution in [-0.4, -0.2) is 37.1 Å². The fourth-order valence-corrected chi connectivity index (χ4v) is 2.85. The van der Waals surface area contributed by atoms with E-state index in [0.717, 1.165) is 10.5 Å². The van der Waals surface area contributed by atoms with E-state index in [2.05, 4.69) is 0 Å². The summed E-state index contributed by atoms with van der Waals surface area (Å²) in [5, 5.41) is 0. The Labute approximate surface area is 135 Å². The monoisotopic (exact) mass is 319 g/mol. The van der Waals surface area contributed by atoms with Crippen molar-refractivity contribution in [3.63, 3.8) is 0 Å². The van der Waals surface area contributed by atoms with Crippen LogP contribution in [0.4, 0.5) is 10.5 Å². The van der Waals surface area contributed by atoms with Crippen LogP contribution in [0.2, 0.25) is 0 Å². The Morgan fingerprint density at radius 2 is 1.91 bits per heavy atom. The second-order valence-electron chi connectivity index (χ2n) is 6.67. The van der Waals surface area contributed by atoms with Crippen LogP contribution in [0.5, 0.6) is 0 Å². The van der Waals surface area contributed by atoms with Gasteiger partial charge in [-0.1, -0.05) is 18.2 Å². The maximum Gasteiger partial charge on any atom is 0.421 e. The van der Waals surface area contributed by atoms with E-state index in [-0.39, 0.29) is 5.91 Å². The van der Waals surface area contributed by atoms with Crippen molar-refractivity contribution in [2.45, 2.75) is 45.0 Å². The smallest absolute Gasteiger partial charge is 0.421 e. The van der Waals surface area contributed by atoms with Crippen molar-refractivity contribution in [3.05, 3.63) is 29.8 Å². The van der Waals surface area contributed by atoms with E-state index in [1.165, 1.54) is 0 Å². The van der Waals surface area contributed by atoms with Crippen LogP contribution >= 0.6 is 0 Å². The zero-order chi connectivity index (χ0) is 16.6. The number of carbonyl (C=O) groups excluding carboxylic acids is 2. The van der Waals surface area contributed by atoms with E-state index in [1.54, 1.807) is 32.9 Å². The molecule has 124 valence electrons. The van der Waals surface area contributed by atoms with Gasteiger partial charge in [0.15, 0.2) is 6.29 Å². The first-order valence-corrected chi connectivity index (χ1v) is 7.76. The average molecular weight is 319 g/mol. The third-order valence-corrected chi connectivity index (χ3v) is 3.77. The van der Waals surface area contributed by atoms with Gasteiger partial charge in [0.05, 0.1) is 24.8 Å². The van der Waals surface area contributed by atoms with Gasteiger partial charge >= 0.3 is 6.09 Å². The topological polar surface area (TPSA) is 65.1 Å². The Bertz CT molecular complexity index is 616. The Morgan fingerprint density at radius 3 is 2.57 bits per heavy atom. The number of benzene rings is 1. The van der Waals surface area contributed by atoms with Crippen LogP contribution < -0.4 is 4.90 Å². The van der Waals surface area contributed by atoms with E-state index in [4.69, 9.17) is 14.2 Å². The highest BCUT2D eigenvalue weighted by Gasteiger charge is 2.43. The summed E-state index contributed by atoms with van der Waals surface area (Å²) in [7, 11) is 0. The molecule has 1 unspecified atom stereocenters. The van der Waals surface area contributed by atoms with Crippen molar-refractivity contribution < 1.29 is 23.8 Å². The van der Waals surface area contributed by atoms with Crippen molar-refractivity contribution in [1.29, 1.82) is 0 Å². The van der Waals surface area contributed by atoms with Crippen molar-refractivity contribution in [2.24, 2.45) is 0 Å². The van der Waals surface area contributed by atoms with E-state index >= 15 is 0 Å². The van der Waals surface area contributed by atoms with Crippen molar-refractivity contribution in [2.75, 3.05) is 18.1 Å². The highest BCUT2D eigenvalue weighted by Crippen LogP contribution is 2.41. The largest absolute Gasteiger partial charge is 0.443 e. The zero-order valence-corrected chi connectivity index (χ0v) is 13.6. The van der Waals surface area contributed by atoms with Crippen LogP contribution in [-0.2, 0) is 19.0 Å². The summed E-state index contributed by atoms with van der Waals surface area (Å²) in [5.74, 6) is -0.749. The Balaban J connectivity index is 1.87. The number of ether oxygens (including phenoxy) is 3. The number of carbonyl (C=O) groups is 2. The predicted molar refractivity (Wildman–Crippen MR) is 83.2 cm³/mol. The number of hydrogen-bond donors (Lipinski definition) is 0. The minimum atomic E-state index is -0.665. The number of rotatable bonds is 2. The molecule has 0 N–H and O–H groups in total. The normalized spacial score (nSPS) is 21.6. The number of nitrogens with zero attached hydrogens (tertiary/aromatic N) is 1. The van der Waals surface area contributed by atoms with Gasteiger partial charge in [0, 0.05) is 6.42 Å². The van der Waals surface area contributed by atoms with Crippen molar-refractivity contribution in [1.82, 2.24) is 0 Å². The second-order valence-corrected chi connectivity index (χ2v) is 6.67. The molecule has 23 heavy (non-hydrogen) atoms. The first kappa shape index (κ1) is 16.0. The third kappa shape index (κ3) is 3.23. The number of imide groups is 1. The minimum Gasteiger partial charge on any atom is -0.443 e. The molecule has 0 aromatic heterocycles. The molecule has 0 radical (unpaired) electrons. The lowest BCUT2D eigenvalue weighted by atomic mass is 9.97. The van der Waals surface area contributed by atoms with Crippen LogP contribution in [0.3, 0.4) is 0 Å². The summed E-state index contributed by atoms with van der Waals surface area (Å²) in [4.78, 5) is 26.4. The molecule has 0 bridgehead atoms. The highest BCUT2D eigenvalue weighted by molar-refractivity contribution is 6.19. The first-order chi connectivity index (χ1) is 10.9. The Morgan fingerprint density at radius 1 is 1.26 bits per heavy atom.